The van der Waals surface area contributed by atoms with Gasteiger partial charge in [-0.15, -0.1) is 0 Å². The number of unbranched alkanes of at least 4 members (excludes halogenated alkanes) is 3. The van der Waals surface area contributed by atoms with Gasteiger partial charge in [-0.25, -0.2) is 0 Å². The van der Waals surface area contributed by atoms with Crippen LogP contribution in [0.4, 0.5) is 0 Å². The van der Waals surface area contributed by atoms with Crippen LogP contribution < -0.4 is 0 Å². The van der Waals surface area contributed by atoms with Crippen LogP contribution in [0.1, 0.15) is 118 Å². The minimum absolute atomic E-state index is 1.33. The minimum Gasteiger partial charge on any atom is -0.0901 e. The molecule has 0 amide bonds. The molecule has 0 bridgehead atoms. The Kier molecular flexibility index (Phi) is 20.7. The summed E-state index contributed by atoms with van der Waals surface area (Å²) in [6, 6.07) is 0. The topological polar surface area (TPSA) is 0 Å². The van der Waals surface area contributed by atoms with Gasteiger partial charge >= 0.3 is 126 Å². The first-order valence-electron chi connectivity index (χ1n) is 12.4. The molecular weight excluding hydrogens is 558 g/mol. The zero-order chi connectivity index (χ0) is 21.1. The van der Waals surface area contributed by atoms with Gasteiger partial charge < -0.3 is 0 Å². The number of halogens is 1. The Hall–Kier alpha value is 1.01. The number of allylic oxidation sites excluding steroid dienone is 4. The van der Waals surface area contributed by atoms with Gasteiger partial charge in [0.1, 0.15) is 0 Å². The maximum atomic E-state index is 2.72. The molecule has 0 saturated carbocycles. The molecule has 0 aromatic carbocycles. The van der Waals surface area contributed by atoms with E-state index in [0.717, 1.165) is 0 Å². The second kappa shape index (κ2) is 19.9. The molecule has 0 N–H and O–H groups in total. The van der Waals surface area contributed by atoms with E-state index in [2.05, 4.69) is 66.0 Å². The number of rotatable bonds is 10. The Morgan fingerprint density at radius 1 is 0.714 bits per heavy atom. The van der Waals surface area contributed by atoms with Crippen LogP contribution >= 0.6 is 22.6 Å². The smallest absolute Gasteiger partial charge is 0.0121 e. The van der Waals surface area contributed by atoms with E-state index >= 15 is 0 Å². The summed E-state index contributed by atoms with van der Waals surface area (Å²) < 4.78 is 7.06. The van der Waals surface area contributed by atoms with Crippen molar-refractivity contribution in [3.05, 3.63) is 21.3 Å². The van der Waals surface area contributed by atoms with Crippen LogP contribution in [0.3, 0.4) is 0 Å². The Balaban J connectivity index is 0.000000670. The fraction of sp³-hybridized carbons (Fsp3) is 0.846. The molecule has 2 aliphatic rings. The van der Waals surface area contributed by atoms with Crippen molar-refractivity contribution < 1.29 is 0 Å². The summed E-state index contributed by atoms with van der Waals surface area (Å²) in [4.78, 5) is 1.97. The van der Waals surface area contributed by atoms with Gasteiger partial charge in [-0.1, -0.05) is 34.2 Å². The van der Waals surface area contributed by atoms with Crippen molar-refractivity contribution in [3.63, 3.8) is 0 Å². The molecule has 2 heteroatoms. The van der Waals surface area contributed by atoms with Crippen molar-refractivity contribution in [2.45, 2.75) is 131 Å². The molecule has 0 spiro atoms. The predicted octanol–water partition coefficient (Wildman–Crippen LogP) is 10.4. The van der Waals surface area contributed by atoms with Gasteiger partial charge in [0, 0.05) is 0 Å². The van der Waals surface area contributed by atoms with E-state index in [0.29, 0.717) is 0 Å². The molecule has 0 aliphatic heterocycles. The van der Waals surface area contributed by atoms with Crippen LogP contribution in [0.15, 0.2) is 21.3 Å². The molecule has 2 rings (SSSR count). The fourth-order valence-corrected chi connectivity index (χ4v) is 22.1. The third kappa shape index (κ3) is 12.6. The van der Waals surface area contributed by atoms with E-state index in [9.17, 15) is 0 Å². The first kappa shape index (κ1) is 29.0. The molecule has 0 atom stereocenters. The first-order valence-corrected chi connectivity index (χ1v) is 22.0. The predicted molar refractivity (Wildman–Crippen MR) is 144 cm³/mol. The van der Waals surface area contributed by atoms with E-state index in [4.69, 9.17) is 0 Å². The summed E-state index contributed by atoms with van der Waals surface area (Å²) in [6.45, 7) is 9.36. The van der Waals surface area contributed by atoms with Gasteiger partial charge in [0.15, 0.2) is 0 Å². The summed E-state index contributed by atoms with van der Waals surface area (Å²) in [5, 5.41) is 0. The largest absolute Gasteiger partial charge is 0.0901 e. The van der Waals surface area contributed by atoms with Crippen LogP contribution in [0, 0.1) is 0 Å². The van der Waals surface area contributed by atoms with Crippen LogP contribution in [0.25, 0.3) is 0 Å². The third-order valence-electron chi connectivity index (χ3n) is 6.52. The van der Waals surface area contributed by atoms with Crippen molar-refractivity contribution in [3.8, 4) is 0 Å². The van der Waals surface area contributed by atoms with Gasteiger partial charge in [-0.2, -0.15) is 0 Å². The van der Waals surface area contributed by atoms with E-state index in [-0.39, 0.29) is 0 Å². The zero-order valence-electron chi connectivity index (χ0n) is 20.1. The summed E-state index contributed by atoms with van der Waals surface area (Å²) in [7, 11) is 0. The number of alkyl halides is 1. The fourth-order valence-electron chi connectivity index (χ4n) is 4.72. The molecule has 0 saturated heterocycles. The summed E-state index contributed by atoms with van der Waals surface area (Å²) >= 11 is 0.192. The van der Waals surface area contributed by atoms with E-state index in [1.54, 1.807) is 18.9 Å². The summed E-state index contributed by atoms with van der Waals surface area (Å²) in [5.74, 6) is 0. The van der Waals surface area contributed by atoms with Crippen LogP contribution in [0.2, 0.25) is 13.3 Å². The van der Waals surface area contributed by atoms with Crippen LogP contribution in [-0.2, 0) is 0 Å². The molecule has 2 aliphatic carbocycles. The van der Waals surface area contributed by atoms with Crippen molar-refractivity contribution >= 4 is 41.0 Å². The maximum Gasteiger partial charge on any atom is -0.0121 e. The standard InChI is InChI=1S/C7H12.C6H9.3C4H9.CH3I.Sn/c1-7-5-3-2-4-6-7;1-2-4-6-5-3-1;3*1-3-4-2;1-2;/h5H,2-4,6H2,1H3;1H,2,4-6H2;3*1,3-4H2,2H3;1H3;. The quantitative estimate of drug-likeness (QED) is 0.100. The van der Waals surface area contributed by atoms with Crippen LogP contribution in [0.5, 0.6) is 0 Å². The molecule has 0 radical (unpaired) electrons. The number of hydrogen-bond donors (Lipinski definition) is 0. The van der Waals surface area contributed by atoms with Gasteiger partial charge in [-0.3, -0.25) is 0 Å². The molecule has 0 aromatic rings. The maximum absolute atomic E-state index is 2.72. The van der Waals surface area contributed by atoms with Crippen molar-refractivity contribution in [2.24, 2.45) is 0 Å². The Morgan fingerprint density at radius 3 is 1.46 bits per heavy atom. The van der Waals surface area contributed by atoms with Gasteiger partial charge in [0.2, 0.25) is 0 Å². The van der Waals surface area contributed by atoms with Gasteiger partial charge in [-0.05, 0) is 37.5 Å². The average molecular weight is 609 g/mol. The molecule has 0 heterocycles. The molecule has 0 fully saturated rings. The molecule has 166 valence electrons. The van der Waals surface area contributed by atoms with Gasteiger partial charge in [0.05, 0.1) is 0 Å². The summed E-state index contributed by atoms with van der Waals surface area (Å²) in [6.07, 6.45) is 25.2. The third-order valence-corrected chi connectivity index (χ3v) is 22.9. The normalized spacial score (nSPS) is 16.8. The molecular formula is C26H51ISn. The Labute approximate surface area is 196 Å². The van der Waals surface area contributed by atoms with E-state index in [1.165, 1.54) is 89.9 Å². The van der Waals surface area contributed by atoms with Crippen molar-refractivity contribution in [1.82, 2.24) is 0 Å². The van der Waals surface area contributed by atoms with E-state index < -0.39 is 18.4 Å². The molecule has 0 nitrogen and oxygen atoms in total. The monoisotopic (exact) mass is 610 g/mol. The second-order valence-electron chi connectivity index (χ2n) is 8.86. The first-order chi connectivity index (χ1) is 13.7. The minimum atomic E-state index is -1.96. The second-order valence-corrected chi connectivity index (χ2v) is 22.3. The van der Waals surface area contributed by atoms with E-state index in [1.807, 2.05) is 4.93 Å². The van der Waals surface area contributed by atoms with Crippen molar-refractivity contribution in [1.29, 1.82) is 0 Å². The van der Waals surface area contributed by atoms with Crippen LogP contribution in [-0.4, -0.2) is 23.3 Å². The number of hydrogen-bond acceptors (Lipinski definition) is 0. The van der Waals surface area contributed by atoms with Crippen molar-refractivity contribution in [2.75, 3.05) is 4.93 Å². The average Bonchev–Trinajstić information content (AvgIpc) is 2.76. The molecule has 0 unspecified atom stereocenters. The summed E-state index contributed by atoms with van der Waals surface area (Å²) in [5.41, 5.74) is 1.59. The Bertz CT molecular complexity index is 389. The molecule has 0 aromatic heterocycles. The zero-order valence-corrected chi connectivity index (χ0v) is 25.1. The Morgan fingerprint density at radius 2 is 1.18 bits per heavy atom. The molecule has 28 heavy (non-hydrogen) atoms. The SMILES string of the molecule is CC1=CCCCC1.CCC[CH2][Sn]([CH2]CCC)([CH2]CCC)[C]1=CCCCC1.CI. The van der Waals surface area contributed by atoms with Gasteiger partial charge in [0.25, 0.3) is 0 Å².